The first-order chi connectivity index (χ1) is 16.4. The summed E-state index contributed by atoms with van der Waals surface area (Å²) in [5, 5.41) is 17.0. The van der Waals surface area contributed by atoms with Crippen LogP contribution >= 0.6 is 0 Å². The van der Waals surface area contributed by atoms with Gasteiger partial charge in [-0.25, -0.2) is 4.39 Å². The molecular weight excluding hydrogens is 433 g/mol. The molecular formula is C25H28FN7O. The smallest absolute Gasteiger partial charge is 0.258 e. The minimum absolute atomic E-state index is 0.129. The van der Waals surface area contributed by atoms with E-state index in [-0.39, 0.29) is 11.6 Å². The number of rotatable bonds is 5. The molecule has 2 N–H and O–H groups in total. The summed E-state index contributed by atoms with van der Waals surface area (Å²) in [4.78, 5) is 15.6. The van der Waals surface area contributed by atoms with Crippen LogP contribution in [0.3, 0.4) is 0 Å². The molecule has 2 aromatic heterocycles. The number of aromatic nitrogens is 4. The molecule has 1 saturated heterocycles. The largest absolute Gasteiger partial charge is 0.371 e. The van der Waals surface area contributed by atoms with Gasteiger partial charge in [-0.2, -0.15) is 10.2 Å². The van der Waals surface area contributed by atoms with E-state index in [4.69, 9.17) is 0 Å². The molecule has 1 aliphatic heterocycles. The van der Waals surface area contributed by atoms with Crippen molar-refractivity contribution in [3.8, 4) is 0 Å². The number of anilines is 2. The molecule has 2 aromatic carbocycles. The van der Waals surface area contributed by atoms with Crippen molar-refractivity contribution >= 4 is 39.1 Å². The molecule has 0 spiro atoms. The fourth-order valence-electron chi connectivity index (χ4n) is 4.99. The molecule has 1 amide bonds. The van der Waals surface area contributed by atoms with E-state index in [0.29, 0.717) is 22.6 Å². The SMILES string of the molecule is Cn1cc2cc(NC(=O)c3ccc(N4CCC(NC5CC5)CC4)c4cn(C)nc34)c(F)cc2n1. The van der Waals surface area contributed by atoms with E-state index in [0.717, 1.165) is 48.4 Å². The highest BCUT2D eigenvalue weighted by Crippen LogP contribution is 2.32. The number of halogens is 1. The van der Waals surface area contributed by atoms with Crippen molar-refractivity contribution < 1.29 is 9.18 Å². The van der Waals surface area contributed by atoms with Crippen molar-refractivity contribution in [2.45, 2.75) is 37.8 Å². The van der Waals surface area contributed by atoms with Gasteiger partial charge in [0.2, 0.25) is 0 Å². The average molecular weight is 462 g/mol. The zero-order valence-electron chi connectivity index (χ0n) is 19.4. The number of hydrogen-bond acceptors (Lipinski definition) is 5. The summed E-state index contributed by atoms with van der Waals surface area (Å²) in [6, 6.07) is 8.06. The third kappa shape index (κ3) is 3.90. The molecule has 176 valence electrons. The quantitative estimate of drug-likeness (QED) is 0.475. The van der Waals surface area contributed by atoms with Crippen molar-refractivity contribution in [2.24, 2.45) is 14.1 Å². The van der Waals surface area contributed by atoms with Gasteiger partial charge in [0.05, 0.1) is 16.8 Å². The lowest BCUT2D eigenvalue weighted by Gasteiger charge is -2.34. The van der Waals surface area contributed by atoms with Crippen LogP contribution in [0.1, 0.15) is 36.0 Å². The van der Waals surface area contributed by atoms with Crippen LogP contribution in [-0.4, -0.2) is 50.6 Å². The number of nitrogens with one attached hydrogen (secondary N) is 2. The van der Waals surface area contributed by atoms with Crippen molar-refractivity contribution in [1.82, 2.24) is 24.9 Å². The predicted octanol–water partition coefficient (Wildman–Crippen LogP) is 3.57. The first-order valence-corrected chi connectivity index (χ1v) is 11.9. The zero-order valence-corrected chi connectivity index (χ0v) is 19.4. The van der Waals surface area contributed by atoms with E-state index in [2.05, 4.69) is 25.7 Å². The van der Waals surface area contributed by atoms with E-state index in [1.54, 1.807) is 34.7 Å². The Hall–Kier alpha value is -3.46. The molecule has 6 rings (SSSR count). The summed E-state index contributed by atoms with van der Waals surface area (Å²) in [7, 11) is 3.63. The molecule has 2 aliphatic rings. The Morgan fingerprint density at radius 2 is 1.74 bits per heavy atom. The maximum absolute atomic E-state index is 14.6. The van der Waals surface area contributed by atoms with Gasteiger partial charge in [0.1, 0.15) is 11.3 Å². The molecule has 3 heterocycles. The molecule has 9 heteroatoms. The molecule has 1 aliphatic carbocycles. The third-order valence-corrected chi connectivity index (χ3v) is 6.85. The molecule has 0 unspecified atom stereocenters. The van der Waals surface area contributed by atoms with Gasteiger partial charge in [-0.15, -0.1) is 0 Å². The van der Waals surface area contributed by atoms with Crippen molar-refractivity contribution in [3.63, 3.8) is 0 Å². The number of benzene rings is 2. The van der Waals surface area contributed by atoms with Gasteiger partial charge < -0.3 is 15.5 Å². The third-order valence-electron chi connectivity index (χ3n) is 6.85. The van der Waals surface area contributed by atoms with Gasteiger partial charge in [0, 0.05) is 74.2 Å². The first-order valence-electron chi connectivity index (χ1n) is 11.9. The molecule has 4 aromatic rings. The Labute approximate surface area is 196 Å². The standard InChI is InChI=1S/C25H28FN7O/c1-31-13-15-11-22(20(26)12-21(15)29-31)28-25(34)18-5-6-23(19-14-32(2)30-24(18)19)33-9-7-17(8-10-33)27-16-3-4-16/h5-6,11-14,16-17,27H,3-4,7-10H2,1-2H3,(H,28,34). The van der Waals surface area contributed by atoms with E-state index >= 15 is 0 Å². The first kappa shape index (κ1) is 21.1. The van der Waals surface area contributed by atoms with Crippen LogP contribution in [0.5, 0.6) is 0 Å². The van der Waals surface area contributed by atoms with E-state index < -0.39 is 5.82 Å². The van der Waals surface area contributed by atoms with Gasteiger partial charge in [0.25, 0.3) is 5.91 Å². The second-order valence-corrected chi connectivity index (χ2v) is 9.55. The minimum Gasteiger partial charge on any atom is -0.371 e. The number of piperidine rings is 1. The fraction of sp³-hybridized carbons (Fsp3) is 0.400. The summed E-state index contributed by atoms with van der Waals surface area (Å²) < 4.78 is 18.0. The van der Waals surface area contributed by atoms with E-state index in [9.17, 15) is 9.18 Å². The Morgan fingerprint density at radius 1 is 1.00 bits per heavy atom. The Bertz CT molecular complexity index is 1400. The van der Waals surface area contributed by atoms with Gasteiger partial charge in [-0.3, -0.25) is 14.2 Å². The monoisotopic (exact) mass is 461 g/mol. The minimum atomic E-state index is -0.517. The fourth-order valence-corrected chi connectivity index (χ4v) is 4.99. The van der Waals surface area contributed by atoms with Gasteiger partial charge in [-0.05, 0) is 43.9 Å². The average Bonchev–Trinajstić information content (AvgIpc) is 3.42. The van der Waals surface area contributed by atoms with Gasteiger partial charge in [-0.1, -0.05) is 0 Å². The maximum Gasteiger partial charge on any atom is 0.258 e. The molecule has 34 heavy (non-hydrogen) atoms. The van der Waals surface area contributed by atoms with Crippen molar-refractivity contribution in [2.75, 3.05) is 23.3 Å². The van der Waals surface area contributed by atoms with Crippen molar-refractivity contribution in [1.29, 1.82) is 0 Å². The van der Waals surface area contributed by atoms with Crippen LogP contribution in [0.4, 0.5) is 15.8 Å². The lowest BCUT2D eigenvalue weighted by Crippen LogP contribution is -2.43. The number of fused-ring (bicyclic) bond motifs is 2. The summed E-state index contributed by atoms with van der Waals surface area (Å²) in [6.07, 6.45) is 8.57. The molecule has 0 radical (unpaired) electrons. The lowest BCUT2D eigenvalue weighted by molar-refractivity contribution is 0.102. The van der Waals surface area contributed by atoms with E-state index in [1.165, 1.54) is 18.9 Å². The molecule has 8 nitrogen and oxygen atoms in total. The molecule has 0 atom stereocenters. The summed E-state index contributed by atoms with van der Waals surface area (Å²) in [5.41, 5.74) is 2.82. The van der Waals surface area contributed by atoms with Crippen LogP contribution in [0.15, 0.2) is 36.7 Å². The summed E-state index contributed by atoms with van der Waals surface area (Å²) >= 11 is 0. The molecule has 1 saturated carbocycles. The molecule has 2 fully saturated rings. The highest BCUT2D eigenvalue weighted by molar-refractivity contribution is 6.14. The van der Waals surface area contributed by atoms with E-state index in [1.807, 2.05) is 19.3 Å². The predicted molar refractivity (Wildman–Crippen MR) is 131 cm³/mol. The Morgan fingerprint density at radius 3 is 2.50 bits per heavy atom. The second-order valence-electron chi connectivity index (χ2n) is 9.55. The van der Waals surface area contributed by atoms with Gasteiger partial charge in [0.15, 0.2) is 0 Å². The number of carbonyl (C=O) groups is 1. The Balaban J connectivity index is 1.27. The lowest BCUT2D eigenvalue weighted by atomic mass is 10.0. The summed E-state index contributed by atoms with van der Waals surface area (Å²) in [6.45, 7) is 1.94. The number of hydrogen-bond donors (Lipinski definition) is 2. The highest BCUT2D eigenvalue weighted by atomic mass is 19.1. The normalized spacial score (nSPS) is 17.1. The van der Waals surface area contributed by atoms with Crippen LogP contribution < -0.4 is 15.5 Å². The second kappa shape index (κ2) is 8.09. The Kier molecular flexibility index (Phi) is 5.02. The topological polar surface area (TPSA) is 80.0 Å². The number of amides is 1. The number of nitrogens with zero attached hydrogens (tertiary/aromatic N) is 5. The zero-order chi connectivity index (χ0) is 23.4. The highest BCUT2D eigenvalue weighted by Gasteiger charge is 2.28. The molecule has 0 bridgehead atoms. The number of carbonyl (C=O) groups excluding carboxylic acids is 1. The van der Waals surface area contributed by atoms with Crippen molar-refractivity contribution in [3.05, 3.63) is 48.0 Å². The van der Waals surface area contributed by atoms with Crippen LogP contribution in [0, 0.1) is 5.82 Å². The number of aryl methyl sites for hydroxylation is 2. The maximum atomic E-state index is 14.6. The van der Waals surface area contributed by atoms with Gasteiger partial charge >= 0.3 is 0 Å². The van der Waals surface area contributed by atoms with Crippen LogP contribution in [0.2, 0.25) is 0 Å². The van der Waals surface area contributed by atoms with Crippen LogP contribution in [-0.2, 0) is 14.1 Å². The van der Waals surface area contributed by atoms with Crippen LogP contribution in [0.25, 0.3) is 21.8 Å². The summed E-state index contributed by atoms with van der Waals surface area (Å²) in [5.74, 6) is -0.902.